The van der Waals surface area contributed by atoms with Crippen LogP contribution in [0, 0.1) is 11.7 Å². The van der Waals surface area contributed by atoms with Gasteiger partial charge in [-0.25, -0.2) is 4.39 Å². The van der Waals surface area contributed by atoms with Gasteiger partial charge in [-0.15, -0.1) is 0 Å². The largest absolute Gasteiger partial charge is 0.388 e. The summed E-state index contributed by atoms with van der Waals surface area (Å²) >= 11 is 5.65. The van der Waals surface area contributed by atoms with E-state index in [4.69, 9.17) is 11.6 Å². The molecule has 0 aliphatic heterocycles. The Balaban J connectivity index is 1.76. The average Bonchev–Trinajstić information content (AvgIpc) is 3.22. The third-order valence-electron chi connectivity index (χ3n) is 3.76. The van der Waals surface area contributed by atoms with Crippen LogP contribution in [0.25, 0.3) is 0 Å². The highest BCUT2D eigenvalue weighted by atomic mass is 35.5. The van der Waals surface area contributed by atoms with Gasteiger partial charge < -0.3 is 5.11 Å². The molecule has 0 heterocycles. The summed E-state index contributed by atoms with van der Waals surface area (Å²) in [6, 6.07) is 14.6. The second-order valence-electron chi connectivity index (χ2n) is 5.04. The molecule has 0 saturated heterocycles. The van der Waals surface area contributed by atoms with Gasteiger partial charge in [0.25, 0.3) is 0 Å². The highest BCUT2D eigenvalue weighted by Gasteiger charge is 2.43. The van der Waals surface area contributed by atoms with Crippen LogP contribution in [0.5, 0.6) is 0 Å². The number of rotatable bonds is 3. The van der Waals surface area contributed by atoms with E-state index in [0.29, 0.717) is 11.5 Å². The number of benzene rings is 2. The molecular weight excluding hydrogens is 263 g/mol. The van der Waals surface area contributed by atoms with E-state index < -0.39 is 11.9 Å². The molecule has 1 saturated carbocycles. The summed E-state index contributed by atoms with van der Waals surface area (Å²) in [6.45, 7) is 0. The molecule has 0 aromatic heterocycles. The normalized spacial score (nSPS) is 23.1. The Hall–Kier alpha value is -1.38. The molecule has 19 heavy (non-hydrogen) atoms. The Morgan fingerprint density at radius 1 is 1.16 bits per heavy atom. The molecule has 2 aromatic rings. The van der Waals surface area contributed by atoms with E-state index in [0.717, 1.165) is 6.42 Å². The van der Waals surface area contributed by atoms with Gasteiger partial charge in [0.2, 0.25) is 0 Å². The lowest BCUT2D eigenvalue weighted by Crippen LogP contribution is -2.02. The zero-order valence-electron chi connectivity index (χ0n) is 10.3. The topological polar surface area (TPSA) is 20.2 Å². The molecule has 0 bridgehead atoms. The minimum absolute atomic E-state index is 0.0892. The molecule has 3 rings (SSSR count). The molecule has 3 atom stereocenters. The first-order valence-electron chi connectivity index (χ1n) is 6.35. The fourth-order valence-corrected chi connectivity index (χ4v) is 2.71. The Bertz CT molecular complexity index is 585. The van der Waals surface area contributed by atoms with Gasteiger partial charge in [-0.05, 0) is 41.5 Å². The van der Waals surface area contributed by atoms with Gasteiger partial charge >= 0.3 is 0 Å². The van der Waals surface area contributed by atoms with Gasteiger partial charge in [0.1, 0.15) is 5.82 Å². The number of aliphatic hydroxyl groups is 1. The van der Waals surface area contributed by atoms with E-state index in [9.17, 15) is 9.50 Å². The molecule has 3 heteroatoms. The summed E-state index contributed by atoms with van der Waals surface area (Å²) in [6.07, 6.45) is 0.312. The summed E-state index contributed by atoms with van der Waals surface area (Å²) in [5.74, 6) is 0.0630. The first-order chi connectivity index (χ1) is 9.16. The predicted molar refractivity (Wildman–Crippen MR) is 73.7 cm³/mol. The predicted octanol–water partition coefficient (Wildman–Crippen LogP) is 4.32. The first kappa shape index (κ1) is 12.6. The van der Waals surface area contributed by atoms with Crippen molar-refractivity contribution >= 4 is 11.6 Å². The summed E-state index contributed by atoms with van der Waals surface area (Å²) in [4.78, 5) is 0. The highest BCUT2D eigenvalue weighted by molar-refractivity contribution is 6.30. The zero-order chi connectivity index (χ0) is 13.4. The zero-order valence-corrected chi connectivity index (χ0v) is 11.0. The van der Waals surface area contributed by atoms with Crippen molar-refractivity contribution in [1.29, 1.82) is 0 Å². The molecule has 1 aliphatic rings. The van der Waals surface area contributed by atoms with E-state index in [-0.39, 0.29) is 10.9 Å². The van der Waals surface area contributed by atoms with Crippen molar-refractivity contribution in [3.05, 3.63) is 70.5 Å². The van der Waals surface area contributed by atoms with Crippen molar-refractivity contribution in [2.75, 3.05) is 0 Å². The Morgan fingerprint density at radius 3 is 2.58 bits per heavy atom. The van der Waals surface area contributed by atoms with Gasteiger partial charge in [0.05, 0.1) is 11.1 Å². The second kappa shape index (κ2) is 4.95. The van der Waals surface area contributed by atoms with Crippen LogP contribution in [0.1, 0.15) is 29.6 Å². The lowest BCUT2D eigenvalue weighted by molar-refractivity contribution is 0.151. The third kappa shape index (κ3) is 2.51. The lowest BCUT2D eigenvalue weighted by Gasteiger charge is -2.11. The highest BCUT2D eigenvalue weighted by Crippen LogP contribution is 2.54. The maximum atomic E-state index is 13.4. The number of halogens is 2. The third-order valence-corrected chi connectivity index (χ3v) is 4.06. The van der Waals surface area contributed by atoms with Crippen LogP contribution in [-0.4, -0.2) is 5.11 Å². The van der Waals surface area contributed by atoms with E-state index in [1.807, 2.05) is 18.2 Å². The van der Waals surface area contributed by atoms with Crippen LogP contribution in [0.4, 0.5) is 4.39 Å². The number of hydrogen-bond acceptors (Lipinski definition) is 1. The Morgan fingerprint density at radius 2 is 1.89 bits per heavy atom. The van der Waals surface area contributed by atoms with Gasteiger partial charge in [0.15, 0.2) is 0 Å². The van der Waals surface area contributed by atoms with Crippen LogP contribution in [-0.2, 0) is 0 Å². The van der Waals surface area contributed by atoms with E-state index in [1.54, 1.807) is 6.07 Å². The SMILES string of the molecule is OC(c1ccc(Cl)c(F)c1)C1CC1c1ccccc1. The fraction of sp³-hybridized carbons (Fsp3) is 0.250. The van der Waals surface area contributed by atoms with Crippen molar-refractivity contribution in [2.45, 2.75) is 18.4 Å². The Kier molecular flexibility index (Phi) is 3.29. The molecular formula is C16H14ClFO. The molecule has 1 nitrogen and oxygen atoms in total. The average molecular weight is 277 g/mol. The van der Waals surface area contributed by atoms with Gasteiger partial charge in [-0.3, -0.25) is 0 Å². The van der Waals surface area contributed by atoms with Gasteiger partial charge in [0, 0.05) is 0 Å². The number of aliphatic hydroxyl groups excluding tert-OH is 1. The van der Waals surface area contributed by atoms with Crippen LogP contribution >= 0.6 is 11.6 Å². The minimum atomic E-state index is -0.628. The summed E-state index contributed by atoms with van der Waals surface area (Å²) in [7, 11) is 0. The molecule has 1 fully saturated rings. The minimum Gasteiger partial charge on any atom is -0.388 e. The Labute approximate surface area is 116 Å². The molecule has 3 unspecified atom stereocenters. The van der Waals surface area contributed by atoms with Crippen LogP contribution in [0.15, 0.2) is 48.5 Å². The smallest absolute Gasteiger partial charge is 0.142 e. The van der Waals surface area contributed by atoms with Crippen LogP contribution in [0.3, 0.4) is 0 Å². The molecule has 0 radical (unpaired) electrons. The lowest BCUT2D eigenvalue weighted by atomic mass is 10.0. The maximum Gasteiger partial charge on any atom is 0.142 e. The second-order valence-corrected chi connectivity index (χ2v) is 5.44. The van der Waals surface area contributed by atoms with Crippen LogP contribution in [0.2, 0.25) is 5.02 Å². The molecule has 0 amide bonds. The maximum absolute atomic E-state index is 13.4. The van der Waals surface area contributed by atoms with Crippen molar-refractivity contribution in [3.8, 4) is 0 Å². The van der Waals surface area contributed by atoms with Gasteiger partial charge in [-0.2, -0.15) is 0 Å². The summed E-state index contributed by atoms with van der Waals surface area (Å²) in [5, 5.41) is 10.4. The van der Waals surface area contributed by atoms with Gasteiger partial charge in [-0.1, -0.05) is 48.0 Å². The summed E-state index contributed by atoms with van der Waals surface area (Å²) < 4.78 is 13.4. The monoisotopic (exact) mass is 276 g/mol. The molecule has 0 spiro atoms. The molecule has 1 N–H and O–H groups in total. The van der Waals surface area contributed by atoms with Crippen molar-refractivity contribution in [1.82, 2.24) is 0 Å². The number of hydrogen-bond donors (Lipinski definition) is 1. The van der Waals surface area contributed by atoms with Crippen molar-refractivity contribution < 1.29 is 9.50 Å². The van der Waals surface area contributed by atoms with E-state index >= 15 is 0 Å². The molecule has 1 aliphatic carbocycles. The molecule has 98 valence electrons. The van der Waals surface area contributed by atoms with E-state index in [1.165, 1.54) is 17.7 Å². The molecule has 2 aromatic carbocycles. The standard InChI is InChI=1S/C16H14ClFO/c17-14-7-6-11(8-15(14)18)16(19)13-9-12(13)10-4-2-1-3-5-10/h1-8,12-13,16,19H,9H2. The van der Waals surface area contributed by atoms with Crippen LogP contribution < -0.4 is 0 Å². The van der Waals surface area contributed by atoms with Crippen molar-refractivity contribution in [2.24, 2.45) is 5.92 Å². The fourth-order valence-electron chi connectivity index (χ4n) is 2.59. The van der Waals surface area contributed by atoms with E-state index in [2.05, 4.69) is 12.1 Å². The van der Waals surface area contributed by atoms with Crippen molar-refractivity contribution in [3.63, 3.8) is 0 Å². The quantitative estimate of drug-likeness (QED) is 0.885. The summed E-state index contributed by atoms with van der Waals surface area (Å²) in [5.41, 5.74) is 1.84. The first-order valence-corrected chi connectivity index (χ1v) is 6.72.